The first-order chi connectivity index (χ1) is 21.2. The lowest BCUT2D eigenvalue weighted by molar-refractivity contribution is 0.102. The number of piperidine rings is 1. The molecule has 4 heterocycles. The second-order valence-corrected chi connectivity index (χ2v) is 12.3. The van der Waals surface area contributed by atoms with Gasteiger partial charge in [-0.2, -0.15) is 5.10 Å². The Morgan fingerprint density at radius 2 is 1.80 bits per heavy atom. The maximum absolute atomic E-state index is 13.1. The van der Waals surface area contributed by atoms with E-state index in [1.165, 1.54) is 17.0 Å². The molecule has 2 unspecified atom stereocenters. The minimum absolute atomic E-state index is 0.0106. The summed E-state index contributed by atoms with van der Waals surface area (Å²) in [6.45, 7) is 0.644. The average Bonchev–Trinajstić information content (AvgIpc) is 3.42. The van der Waals surface area contributed by atoms with Crippen molar-refractivity contribution in [2.45, 2.75) is 22.8 Å². The van der Waals surface area contributed by atoms with Crippen molar-refractivity contribution in [2.75, 3.05) is 31.7 Å². The molecular weight excluding hydrogens is 671 g/mol. The lowest BCUT2D eigenvalue weighted by atomic mass is 9.93. The highest BCUT2D eigenvalue weighted by molar-refractivity contribution is 14.1. The first-order valence-corrected chi connectivity index (χ1v) is 15.4. The summed E-state index contributed by atoms with van der Waals surface area (Å²) < 4.78 is 3.35. The van der Waals surface area contributed by atoms with Crippen LogP contribution in [0.5, 0.6) is 0 Å². The van der Waals surface area contributed by atoms with Crippen molar-refractivity contribution < 1.29 is 9.59 Å². The number of hydrogen-bond donors (Lipinski definition) is 2. The van der Waals surface area contributed by atoms with Crippen LogP contribution in [0.1, 0.15) is 34.8 Å². The summed E-state index contributed by atoms with van der Waals surface area (Å²) in [6, 6.07) is 21.9. The molecule has 1 aliphatic heterocycles. The number of likely N-dealkylation sites (tertiary alicyclic amines) is 1. The molecule has 12 heteroatoms. The molecule has 3 aromatic heterocycles. The number of benzene rings is 2. The summed E-state index contributed by atoms with van der Waals surface area (Å²) in [4.78, 5) is 46.6. The number of aromatic nitrogens is 4. The molecule has 6 rings (SSSR count). The van der Waals surface area contributed by atoms with Gasteiger partial charge in [-0.05, 0) is 60.9 Å². The molecule has 5 aromatic rings. The normalized spacial score (nSPS) is 16.6. The number of alkyl halides is 1. The van der Waals surface area contributed by atoms with Gasteiger partial charge < -0.3 is 20.9 Å². The van der Waals surface area contributed by atoms with Crippen LogP contribution in [0.4, 0.5) is 16.3 Å². The molecule has 11 nitrogen and oxygen atoms in total. The molecule has 3 N–H and O–H groups in total. The van der Waals surface area contributed by atoms with Gasteiger partial charge in [0.05, 0.1) is 4.05 Å². The molecule has 2 aromatic carbocycles. The van der Waals surface area contributed by atoms with Crippen LogP contribution < -0.4 is 16.6 Å². The Kier molecular flexibility index (Phi) is 8.08. The molecule has 0 bridgehead atoms. The summed E-state index contributed by atoms with van der Waals surface area (Å²) >= 11 is 2.34. The summed E-state index contributed by atoms with van der Waals surface area (Å²) in [6.07, 6.45) is 4.68. The van der Waals surface area contributed by atoms with Crippen LogP contribution in [-0.2, 0) is 0 Å². The van der Waals surface area contributed by atoms with E-state index in [9.17, 15) is 14.4 Å². The van der Waals surface area contributed by atoms with Crippen molar-refractivity contribution in [2.24, 2.45) is 0 Å². The molecule has 44 heavy (non-hydrogen) atoms. The molecule has 224 valence electrons. The minimum Gasteiger partial charge on any atom is -0.382 e. The van der Waals surface area contributed by atoms with E-state index >= 15 is 0 Å². The zero-order chi connectivity index (χ0) is 31.0. The number of nitrogens with two attached hydrogens (primary N) is 1. The van der Waals surface area contributed by atoms with E-state index in [0.717, 1.165) is 29.7 Å². The predicted octanol–water partition coefficient (Wildman–Crippen LogP) is 5.00. The number of carbonyl (C=O) groups excluding carboxylic acids is 2. The number of amides is 3. The molecule has 0 radical (unpaired) electrons. The third-order valence-corrected chi connectivity index (χ3v) is 9.05. The van der Waals surface area contributed by atoms with Gasteiger partial charge >= 0.3 is 6.03 Å². The highest BCUT2D eigenvalue weighted by atomic mass is 127. The highest BCUT2D eigenvalue weighted by Gasteiger charge is 2.33. The number of fused-ring (bicyclic) bond motifs is 1. The topological polar surface area (TPSA) is 131 Å². The van der Waals surface area contributed by atoms with E-state index in [4.69, 9.17) is 5.73 Å². The molecule has 1 aliphatic rings. The number of pyridine rings is 1. The Bertz CT molecular complexity index is 1900. The van der Waals surface area contributed by atoms with Gasteiger partial charge in [0.15, 0.2) is 5.82 Å². The van der Waals surface area contributed by atoms with Crippen molar-refractivity contribution in [1.29, 1.82) is 0 Å². The van der Waals surface area contributed by atoms with Crippen LogP contribution in [-0.4, -0.2) is 65.6 Å². The van der Waals surface area contributed by atoms with Crippen molar-refractivity contribution >= 4 is 51.6 Å². The van der Waals surface area contributed by atoms with Crippen molar-refractivity contribution in [1.82, 2.24) is 29.0 Å². The lowest BCUT2D eigenvalue weighted by Gasteiger charge is -2.37. The fraction of sp³-hybridized carbons (Fsp3) is 0.219. The second-order valence-electron chi connectivity index (χ2n) is 10.9. The third kappa shape index (κ3) is 5.52. The summed E-state index contributed by atoms with van der Waals surface area (Å²) in [5.74, 6) is 0.0430. The number of rotatable bonds is 5. The number of nitrogens with zero attached hydrogens (tertiary/aromatic N) is 6. The summed E-state index contributed by atoms with van der Waals surface area (Å²) in [5, 5.41) is 7.39. The van der Waals surface area contributed by atoms with E-state index in [-0.39, 0.29) is 21.6 Å². The predicted molar refractivity (Wildman–Crippen MR) is 178 cm³/mol. The van der Waals surface area contributed by atoms with E-state index in [1.54, 1.807) is 43.4 Å². The first kappa shape index (κ1) is 29.4. The molecule has 0 saturated carbocycles. The van der Waals surface area contributed by atoms with E-state index in [2.05, 4.69) is 44.1 Å². The van der Waals surface area contributed by atoms with Gasteiger partial charge in [-0.25, -0.2) is 14.3 Å². The Hall–Kier alpha value is -4.72. The molecule has 1 saturated heterocycles. The molecule has 3 amide bonds. The SMILES string of the molecule is CN(C)C(=O)N1CCC(c2cc(-c3ccc(NC(=O)c4cccn(-c5ccccc5)c4=O)cc3)c3c(N)ncnn23)CC1I. The quantitative estimate of drug-likeness (QED) is 0.151. The van der Waals surface area contributed by atoms with Crippen molar-refractivity contribution in [3.8, 4) is 16.8 Å². The Balaban J connectivity index is 1.25. The fourth-order valence-electron chi connectivity index (χ4n) is 5.65. The van der Waals surface area contributed by atoms with E-state index in [0.29, 0.717) is 29.3 Å². The Morgan fingerprint density at radius 3 is 2.50 bits per heavy atom. The highest BCUT2D eigenvalue weighted by Crippen LogP contribution is 2.39. The Morgan fingerprint density at radius 1 is 1.05 bits per heavy atom. The van der Waals surface area contributed by atoms with E-state index < -0.39 is 11.5 Å². The Labute approximate surface area is 267 Å². The lowest BCUT2D eigenvalue weighted by Crippen LogP contribution is -2.47. The van der Waals surface area contributed by atoms with Crippen molar-refractivity contribution in [3.63, 3.8) is 0 Å². The third-order valence-electron chi connectivity index (χ3n) is 7.87. The zero-order valence-corrected chi connectivity index (χ0v) is 26.4. The number of nitrogens with one attached hydrogen (secondary N) is 1. The summed E-state index contributed by atoms with van der Waals surface area (Å²) in [7, 11) is 3.54. The van der Waals surface area contributed by atoms with Gasteiger partial charge in [-0.3, -0.25) is 14.2 Å². The summed E-state index contributed by atoms with van der Waals surface area (Å²) in [5.41, 5.74) is 10.7. The van der Waals surface area contributed by atoms with Gasteiger partial charge in [0.2, 0.25) is 0 Å². The number of halogens is 1. The van der Waals surface area contributed by atoms with Gasteiger partial charge in [0.25, 0.3) is 11.5 Å². The van der Waals surface area contributed by atoms with Crippen LogP contribution in [0.3, 0.4) is 0 Å². The smallest absolute Gasteiger partial charge is 0.320 e. The van der Waals surface area contributed by atoms with Gasteiger partial charge in [-0.1, -0.05) is 52.9 Å². The first-order valence-electron chi connectivity index (χ1n) is 14.2. The van der Waals surface area contributed by atoms with Crippen LogP contribution in [0.2, 0.25) is 0 Å². The average molecular weight is 703 g/mol. The van der Waals surface area contributed by atoms with Gasteiger partial charge in [0, 0.05) is 55.4 Å². The van der Waals surface area contributed by atoms with Gasteiger partial charge in [-0.15, -0.1) is 0 Å². The number of para-hydroxylation sites is 1. The molecule has 2 atom stereocenters. The largest absolute Gasteiger partial charge is 0.382 e. The number of hydrogen-bond acceptors (Lipinski definition) is 6. The monoisotopic (exact) mass is 702 g/mol. The number of nitrogen functional groups attached to an aromatic ring is 1. The fourth-order valence-corrected chi connectivity index (χ4v) is 6.78. The minimum atomic E-state index is -0.491. The number of urea groups is 1. The van der Waals surface area contributed by atoms with E-state index in [1.807, 2.05) is 51.9 Å². The van der Waals surface area contributed by atoms with Crippen LogP contribution >= 0.6 is 22.6 Å². The van der Waals surface area contributed by atoms with Crippen LogP contribution in [0.25, 0.3) is 22.3 Å². The maximum atomic E-state index is 13.1. The molecule has 0 aliphatic carbocycles. The standard InChI is InChI=1S/C32H31IN8O3/c1-38(2)32(44)40-16-14-21(17-27(40)33)26-18-25(28-29(34)35-19-36-41(26)28)20-10-12-22(13-11-20)37-30(42)24-9-6-15-39(31(24)43)23-7-4-3-5-8-23/h3-13,15,18-19,21,27H,14,16-17H2,1-2H3,(H,37,42)(H2,34,35,36). The maximum Gasteiger partial charge on any atom is 0.320 e. The molecule has 0 spiro atoms. The second kappa shape index (κ2) is 12.1. The van der Waals surface area contributed by atoms with Crippen LogP contribution in [0.15, 0.2) is 90.1 Å². The van der Waals surface area contributed by atoms with Gasteiger partial charge in [0.1, 0.15) is 17.4 Å². The van der Waals surface area contributed by atoms with Crippen LogP contribution in [0, 0.1) is 0 Å². The number of anilines is 2. The number of carbonyl (C=O) groups is 2. The zero-order valence-electron chi connectivity index (χ0n) is 24.2. The van der Waals surface area contributed by atoms with Crippen molar-refractivity contribution in [3.05, 3.63) is 107 Å². The molecular formula is C32H31IN8O3. The molecule has 1 fully saturated rings.